The Morgan fingerprint density at radius 3 is 2.70 bits per heavy atom. The van der Waals surface area contributed by atoms with Crippen LogP contribution in [-0.4, -0.2) is 43.5 Å². The molecule has 108 valence electrons. The van der Waals surface area contributed by atoms with Gasteiger partial charge in [-0.3, -0.25) is 4.79 Å². The number of piperidine rings is 3. The van der Waals surface area contributed by atoms with Gasteiger partial charge in [0, 0.05) is 31.0 Å². The van der Waals surface area contributed by atoms with Crippen LogP contribution in [0.3, 0.4) is 0 Å². The molecular formula is C15H22N4O. The van der Waals surface area contributed by atoms with Crippen molar-refractivity contribution in [2.75, 3.05) is 37.7 Å². The Morgan fingerprint density at radius 2 is 2.10 bits per heavy atom. The van der Waals surface area contributed by atoms with E-state index in [4.69, 9.17) is 5.73 Å². The molecule has 4 rings (SSSR count). The van der Waals surface area contributed by atoms with Crippen LogP contribution >= 0.6 is 0 Å². The van der Waals surface area contributed by atoms with Crippen LogP contribution in [0.5, 0.6) is 0 Å². The van der Waals surface area contributed by atoms with Crippen molar-refractivity contribution in [3.63, 3.8) is 0 Å². The smallest absolute Gasteiger partial charge is 0.253 e. The van der Waals surface area contributed by atoms with Gasteiger partial charge in [0.25, 0.3) is 5.91 Å². The first kappa shape index (κ1) is 13.2. The number of nitrogens with two attached hydrogens (primary N) is 1. The van der Waals surface area contributed by atoms with Gasteiger partial charge in [0.15, 0.2) is 0 Å². The minimum atomic E-state index is -0.139. The Morgan fingerprint density at radius 1 is 1.35 bits per heavy atom. The van der Waals surface area contributed by atoms with Crippen molar-refractivity contribution in [2.45, 2.75) is 18.9 Å². The molecule has 1 atom stereocenters. The molecule has 3 fully saturated rings. The summed E-state index contributed by atoms with van der Waals surface area (Å²) in [6.07, 6.45) is 2.55. The number of hydrogen-bond acceptors (Lipinski definition) is 4. The quantitative estimate of drug-likeness (QED) is 0.723. The zero-order valence-electron chi connectivity index (χ0n) is 11.9. The van der Waals surface area contributed by atoms with E-state index in [9.17, 15) is 4.79 Å². The van der Waals surface area contributed by atoms with Crippen molar-refractivity contribution in [1.82, 2.24) is 10.2 Å². The van der Waals surface area contributed by atoms with Gasteiger partial charge in [0.05, 0.1) is 5.56 Å². The van der Waals surface area contributed by atoms with E-state index in [0.717, 1.165) is 18.2 Å². The summed E-state index contributed by atoms with van der Waals surface area (Å²) in [6.45, 7) is 3.56. The van der Waals surface area contributed by atoms with Crippen LogP contribution in [0.15, 0.2) is 18.2 Å². The lowest BCUT2D eigenvalue weighted by molar-refractivity contribution is 0.0962. The third-order valence-corrected chi connectivity index (χ3v) is 4.53. The Labute approximate surface area is 119 Å². The Balaban J connectivity index is 1.76. The van der Waals surface area contributed by atoms with Crippen molar-refractivity contribution >= 4 is 17.3 Å². The summed E-state index contributed by atoms with van der Waals surface area (Å²) in [5.41, 5.74) is 7.90. The third-order valence-electron chi connectivity index (χ3n) is 4.53. The molecule has 5 nitrogen and oxygen atoms in total. The largest absolute Gasteiger partial charge is 0.398 e. The molecule has 5 heteroatoms. The number of rotatable bonds is 3. The molecule has 3 heterocycles. The van der Waals surface area contributed by atoms with Gasteiger partial charge in [-0.1, -0.05) is 0 Å². The van der Waals surface area contributed by atoms with Crippen LogP contribution in [0.4, 0.5) is 11.4 Å². The Hall–Kier alpha value is -1.75. The average Bonchev–Trinajstić information content (AvgIpc) is 2.49. The minimum Gasteiger partial charge on any atom is -0.398 e. The normalized spacial score (nSPS) is 28.1. The average molecular weight is 274 g/mol. The number of benzene rings is 1. The summed E-state index contributed by atoms with van der Waals surface area (Å²) >= 11 is 0. The SMILES string of the molecule is CNC(=O)c1cc(NC2CN3CCC2CC3)ccc1N. The maximum absolute atomic E-state index is 11.8. The molecule has 3 aliphatic heterocycles. The maximum Gasteiger partial charge on any atom is 0.253 e. The van der Waals surface area contributed by atoms with E-state index in [0.29, 0.717) is 17.3 Å². The predicted octanol–water partition coefficient (Wildman–Crippen LogP) is 1.13. The minimum absolute atomic E-state index is 0.139. The van der Waals surface area contributed by atoms with E-state index in [1.54, 1.807) is 13.1 Å². The molecule has 4 N–H and O–H groups in total. The number of anilines is 2. The molecule has 0 spiro atoms. The molecule has 1 unspecified atom stereocenters. The highest BCUT2D eigenvalue weighted by molar-refractivity contribution is 5.99. The number of amides is 1. The summed E-state index contributed by atoms with van der Waals surface area (Å²) in [4.78, 5) is 14.3. The first-order valence-electron chi connectivity index (χ1n) is 7.28. The lowest BCUT2D eigenvalue weighted by Gasteiger charge is -2.45. The van der Waals surface area contributed by atoms with E-state index >= 15 is 0 Å². The van der Waals surface area contributed by atoms with E-state index in [-0.39, 0.29) is 5.91 Å². The lowest BCUT2D eigenvalue weighted by Crippen LogP contribution is -2.53. The van der Waals surface area contributed by atoms with Crippen LogP contribution in [-0.2, 0) is 0 Å². The van der Waals surface area contributed by atoms with Gasteiger partial charge in [-0.15, -0.1) is 0 Å². The molecule has 0 radical (unpaired) electrons. The fraction of sp³-hybridized carbons (Fsp3) is 0.533. The molecular weight excluding hydrogens is 252 g/mol. The van der Waals surface area contributed by atoms with Crippen LogP contribution in [0.1, 0.15) is 23.2 Å². The number of nitrogens with zero attached hydrogens (tertiary/aromatic N) is 1. The maximum atomic E-state index is 11.8. The number of nitrogen functional groups attached to an aromatic ring is 1. The molecule has 3 saturated heterocycles. The number of carbonyl (C=O) groups excluding carboxylic acids is 1. The van der Waals surface area contributed by atoms with E-state index in [1.165, 1.54) is 25.9 Å². The lowest BCUT2D eigenvalue weighted by atomic mass is 9.84. The molecule has 1 aromatic carbocycles. The van der Waals surface area contributed by atoms with Gasteiger partial charge in [0.2, 0.25) is 0 Å². The monoisotopic (exact) mass is 274 g/mol. The highest BCUT2D eigenvalue weighted by atomic mass is 16.1. The van der Waals surface area contributed by atoms with Gasteiger partial charge in [-0.05, 0) is 50.0 Å². The second-order valence-corrected chi connectivity index (χ2v) is 5.77. The van der Waals surface area contributed by atoms with Crippen LogP contribution in [0.25, 0.3) is 0 Å². The topological polar surface area (TPSA) is 70.4 Å². The van der Waals surface area contributed by atoms with Gasteiger partial charge in [0.1, 0.15) is 0 Å². The summed E-state index contributed by atoms with van der Waals surface area (Å²) in [5.74, 6) is 0.612. The van der Waals surface area contributed by atoms with Gasteiger partial charge in [-0.2, -0.15) is 0 Å². The van der Waals surface area contributed by atoms with Crippen molar-refractivity contribution < 1.29 is 4.79 Å². The molecule has 0 aliphatic carbocycles. The summed E-state index contributed by atoms with van der Waals surface area (Å²) in [7, 11) is 1.62. The highest BCUT2D eigenvalue weighted by Crippen LogP contribution is 2.30. The summed E-state index contributed by atoms with van der Waals surface area (Å²) in [5, 5.41) is 6.21. The standard InChI is InChI=1S/C15H22N4O/c1-17-15(20)12-8-11(2-3-13(12)16)18-14-9-19-6-4-10(14)5-7-19/h2-3,8,10,14,18H,4-7,9,16H2,1H3,(H,17,20). The molecule has 3 aliphatic rings. The fourth-order valence-corrected chi connectivity index (χ4v) is 3.32. The van der Waals surface area contributed by atoms with Gasteiger partial charge >= 0.3 is 0 Å². The van der Waals surface area contributed by atoms with E-state index in [2.05, 4.69) is 15.5 Å². The number of carbonyl (C=O) groups is 1. The number of fused-ring (bicyclic) bond motifs is 3. The second kappa shape index (κ2) is 5.32. The van der Waals surface area contributed by atoms with E-state index in [1.807, 2.05) is 12.1 Å². The zero-order valence-corrected chi connectivity index (χ0v) is 11.9. The van der Waals surface area contributed by atoms with Crippen molar-refractivity contribution in [3.05, 3.63) is 23.8 Å². The Bertz CT molecular complexity index is 509. The molecule has 0 aromatic heterocycles. The first-order chi connectivity index (χ1) is 9.67. The van der Waals surface area contributed by atoms with E-state index < -0.39 is 0 Å². The Kier molecular flexibility index (Phi) is 3.53. The summed E-state index contributed by atoms with van der Waals surface area (Å²) < 4.78 is 0. The van der Waals surface area contributed by atoms with Crippen LogP contribution < -0.4 is 16.4 Å². The second-order valence-electron chi connectivity index (χ2n) is 5.77. The molecule has 2 bridgehead atoms. The van der Waals surface area contributed by atoms with Gasteiger partial charge in [-0.25, -0.2) is 0 Å². The number of nitrogens with one attached hydrogen (secondary N) is 2. The van der Waals surface area contributed by atoms with Crippen LogP contribution in [0, 0.1) is 5.92 Å². The molecule has 1 aromatic rings. The predicted molar refractivity (Wildman–Crippen MR) is 80.8 cm³/mol. The van der Waals surface area contributed by atoms with Crippen LogP contribution in [0.2, 0.25) is 0 Å². The van der Waals surface area contributed by atoms with Crippen molar-refractivity contribution in [2.24, 2.45) is 5.92 Å². The fourth-order valence-electron chi connectivity index (χ4n) is 3.32. The highest BCUT2D eigenvalue weighted by Gasteiger charge is 2.33. The zero-order chi connectivity index (χ0) is 14.1. The van der Waals surface area contributed by atoms with Crippen molar-refractivity contribution in [1.29, 1.82) is 0 Å². The third kappa shape index (κ3) is 2.45. The summed E-state index contributed by atoms with van der Waals surface area (Å²) in [6, 6.07) is 6.10. The van der Waals surface area contributed by atoms with Crippen molar-refractivity contribution in [3.8, 4) is 0 Å². The molecule has 1 amide bonds. The molecule has 20 heavy (non-hydrogen) atoms. The number of hydrogen-bond donors (Lipinski definition) is 3. The first-order valence-corrected chi connectivity index (χ1v) is 7.28. The van der Waals surface area contributed by atoms with Gasteiger partial charge < -0.3 is 21.3 Å². The molecule has 0 saturated carbocycles.